The summed E-state index contributed by atoms with van der Waals surface area (Å²) in [6.07, 6.45) is 31.0. The fraction of sp³-hybridized carbons (Fsp3) is 0.615. The Hall–Kier alpha value is -2.75. The normalized spacial score (nSPS) is 12.0. The molecule has 0 aliphatic heterocycles. The molecule has 0 radical (unpaired) electrons. The van der Waals surface area contributed by atoms with Crippen molar-refractivity contribution in [2.45, 2.75) is 142 Å². The summed E-state index contributed by atoms with van der Waals surface area (Å²) in [4.78, 5) is 14.0. The minimum atomic E-state index is 0.596. The minimum Gasteiger partial charge on any atom is -0.493 e. The second kappa shape index (κ2) is 22.7. The minimum absolute atomic E-state index is 0.596. The topological polar surface area (TPSA) is 47.9 Å². The molecule has 236 valence electrons. The van der Waals surface area contributed by atoms with Crippen LogP contribution in [0.5, 0.6) is 5.75 Å². The van der Waals surface area contributed by atoms with E-state index in [4.69, 9.17) is 9.72 Å². The van der Waals surface area contributed by atoms with E-state index in [9.17, 15) is 0 Å². The van der Waals surface area contributed by atoms with E-state index in [2.05, 4.69) is 23.8 Å². The van der Waals surface area contributed by atoms with Gasteiger partial charge in [0.15, 0.2) is 0 Å². The van der Waals surface area contributed by atoms with Crippen LogP contribution in [-0.4, -0.2) is 21.6 Å². The number of aromatic nitrogens is 3. The predicted octanol–water partition coefficient (Wildman–Crippen LogP) is 12.0. The maximum absolute atomic E-state index is 6.56. The van der Waals surface area contributed by atoms with E-state index in [1.807, 2.05) is 60.9 Å². The summed E-state index contributed by atoms with van der Waals surface area (Å²) in [6.45, 7) is 5.35. The van der Waals surface area contributed by atoms with Crippen LogP contribution in [0.3, 0.4) is 0 Å². The van der Waals surface area contributed by atoms with Gasteiger partial charge in [-0.3, -0.25) is 9.97 Å². The van der Waals surface area contributed by atoms with E-state index in [0.29, 0.717) is 5.92 Å². The lowest BCUT2D eigenvalue weighted by Gasteiger charge is -2.19. The van der Waals surface area contributed by atoms with Crippen molar-refractivity contribution >= 4 is 0 Å². The molecule has 3 rings (SSSR count). The Morgan fingerprint density at radius 1 is 0.512 bits per heavy atom. The van der Waals surface area contributed by atoms with Crippen molar-refractivity contribution in [3.05, 3.63) is 60.9 Å². The zero-order valence-corrected chi connectivity index (χ0v) is 27.4. The Kier molecular flexibility index (Phi) is 18.4. The van der Waals surface area contributed by atoms with E-state index in [1.54, 1.807) is 0 Å². The lowest BCUT2D eigenvalue weighted by atomic mass is 9.94. The summed E-state index contributed by atoms with van der Waals surface area (Å²) in [5, 5.41) is 0. The molecule has 0 N–H and O–H groups in total. The van der Waals surface area contributed by atoms with Crippen LogP contribution in [0, 0.1) is 5.92 Å². The summed E-state index contributed by atoms with van der Waals surface area (Å²) in [5.41, 5.74) is 3.36. The first-order valence-electron chi connectivity index (χ1n) is 17.8. The van der Waals surface area contributed by atoms with E-state index in [-0.39, 0.29) is 0 Å². The number of pyridine rings is 3. The van der Waals surface area contributed by atoms with Crippen LogP contribution in [0.2, 0.25) is 0 Å². The second-order valence-corrected chi connectivity index (χ2v) is 12.4. The van der Waals surface area contributed by atoms with Crippen molar-refractivity contribution in [1.29, 1.82) is 0 Å². The highest BCUT2D eigenvalue weighted by Gasteiger charge is 2.13. The monoisotopic (exact) mass is 585 g/mol. The van der Waals surface area contributed by atoms with Gasteiger partial charge in [0.25, 0.3) is 0 Å². The number of unbranched alkanes of at least 4 members (excludes halogenated alkanes) is 16. The Bertz CT molecular complexity index is 1010. The summed E-state index contributed by atoms with van der Waals surface area (Å²) in [6, 6.07) is 16.0. The third kappa shape index (κ3) is 15.0. The number of nitrogens with zero attached hydrogens (tertiary/aromatic N) is 3. The maximum atomic E-state index is 6.56. The number of ether oxygens (including phenoxy) is 1. The average Bonchev–Trinajstić information content (AvgIpc) is 3.06. The molecule has 0 saturated heterocycles. The predicted molar refractivity (Wildman–Crippen MR) is 183 cm³/mol. The summed E-state index contributed by atoms with van der Waals surface area (Å²) < 4.78 is 6.56. The molecule has 1 atom stereocenters. The Balaban J connectivity index is 1.54. The Morgan fingerprint density at radius 2 is 0.930 bits per heavy atom. The molecule has 3 aromatic rings. The Labute approximate surface area is 263 Å². The van der Waals surface area contributed by atoms with E-state index >= 15 is 0 Å². The van der Waals surface area contributed by atoms with Gasteiger partial charge < -0.3 is 4.74 Å². The van der Waals surface area contributed by atoms with Crippen molar-refractivity contribution in [1.82, 2.24) is 15.0 Å². The summed E-state index contributed by atoms with van der Waals surface area (Å²) in [5.74, 6) is 1.46. The molecule has 0 amide bonds. The standard InChI is InChI=1S/C39H59N3O/c1-3-5-7-9-11-13-14-16-18-20-26-34(25-19-17-15-12-10-8-6-4-2)33-43-35-31-38(36-27-21-23-29-40-36)42-39(32-35)37-28-22-24-30-41-37/h21-24,27-32,34H,3-20,25-26,33H2,1-2H3. The molecular formula is C39H59N3O. The van der Waals surface area contributed by atoms with Crippen LogP contribution in [0.1, 0.15) is 142 Å². The molecule has 43 heavy (non-hydrogen) atoms. The fourth-order valence-electron chi connectivity index (χ4n) is 5.89. The van der Waals surface area contributed by atoms with E-state index in [1.165, 1.54) is 128 Å². The van der Waals surface area contributed by atoms with Crippen LogP contribution in [-0.2, 0) is 0 Å². The highest BCUT2D eigenvalue weighted by molar-refractivity contribution is 5.64. The molecule has 0 fully saturated rings. The molecule has 1 unspecified atom stereocenters. The third-order valence-corrected chi connectivity index (χ3v) is 8.57. The van der Waals surface area contributed by atoms with Crippen LogP contribution in [0.15, 0.2) is 60.9 Å². The van der Waals surface area contributed by atoms with Crippen LogP contribution >= 0.6 is 0 Å². The molecule has 0 bridgehead atoms. The van der Waals surface area contributed by atoms with Gasteiger partial charge in [-0.15, -0.1) is 0 Å². The molecular weight excluding hydrogens is 526 g/mol. The highest BCUT2D eigenvalue weighted by Crippen LogP contribution is 2.28. The van der Waals surface area contributed by atoms with Crippen LogP contribution in [0.25, 0.3) is 22.8 Å². The van der Waals surface area contributed by atoms with Gasteiger partial charge in [-0.1, -0.05) is 142 Å². The number of rotatable bonds is 25. The summed E-state index contributed by atoms with van der Waals surface area (Å²) >= 11 is 0. The highest BCUT2D eigenvalue weighted by atomic mass is 16.5. The first kappa shape index (κ1) is 34.7. The Morgan fingerprint density at radius 3 is 1.33 bits per heavy atom. The molecule has 4 heteroatoms. The lowest BCUT2D eigenvalue weighted by molar-refractivity contribution is 0.224. The van der Waals surface area contributed by atoms with Gasteiger partial charge in [-0.25, -0.2) is 4.98 Å². The lowest BCUT2D eigenvalue weighted by Crippen LogP contribution is -2.13. The van der Waals surface area contributed by atoms with Crippen molar-refractivity contribution in [3.8, 4) is 28.5 Å². The molecule has 0 spiro atoms. The molecule has 0 aliphatic rings. The van der Waals surface area contributed by atoms with Gasteiger partial charge in [0.1, 0.15) is 5.75 Å². The largest absolute Gasteiger partial charge is 0.493 e. The third-order valence-electron chi connectivity index (χ3n) is 8.57. The molecule has 0 aromatic carbocycles. The van der Waals surface area contributed by atoms with Crippen LogP contribution < -0.4 is 4.74 Å². The first-order valence-corrected chi connectivity index (χ1v) is 17.8. The van der Waals surface area contributed by atoms with E-state index in [0.717, 1.165) is 35.1 Å². The fourth-order valence-corrected chi connectivity index (χ4v) is 5.89. The number of hydrogen-bond acceptors (Lipinski definition) is 4. The smallest absolute Gasteiger partial charge is 0.123 e. The number of hydrogen-bond donors (Lipinski definition) is 0. The van der Waals surface area contributed by atoms with Crippen molar-refractivity contribution in [2.75, 3.05) is 6.61 Å². The SMILES string of the molecule is CCCCCCCCCCCCC(CCCCCCCCCC)COc1cc(-c2ccccn2)nc(-c2ccccn2)c1. The van der Waals surface area contributed by atoms with Gasteiger partial charge in [-0.2, -0.15) is 0 Å². The van der Waals surface area contributed by atoms with Crippen LogP contribution in [0.4, 0.5) is 0 Å². The van der Waals surface area contributed by atoms with Gasteiger partial charge in [-0.05, 0) is 43.0 Å². The first-order chi connectivity index (χ1) is 21.3. The van der Waals surface area contributed by atoms with Gasteiger partial charge in [0.2, 0.25) is 0 Å². The molecule has 3 aromatic heterocycles. The second-order valence-electron chi connectivity index (χ2n) is 12.4. The summed E-state index contributed by atoms with van der Waals surface area (Å²) in [7, 11) is 0. The zero-order chi connectivity index (χ0) is 30.2. The molecule has 3 heterocycles. The van der Waals surface area contributed by atoms with Gasteiger partial charge in [0, 0.05) is 24.5 Å². The zero-order valence-electron chi connectivity index (χ0n) is 27.4. The molecule has 0 saturated carbocycles. The van der Waals surface area contributed by atoms with Gasteiger partial charge >= 0.3 is 0 Å². The van der Waals surface area contributed by atoms with E-state index < -0.39 is 0 Å². The molecule has 4 nitrogen and oxygen atoms in total. The van der Waals surface area contributed by atoms with Crippen molar-refractivity contribution < 1.29 is 4.74 Å². The van der Waals surface area contributed by atoms with Crippen molar-refractivity contribution in [3.63, 3.8) is 0 Å². The van der Waals surface area contributed by atoms with Gasteiger partial charge in [0.05, 0.1) is 29.4 Å². The maximum Gasteiger partial charge on any atom is 0.123 e. The van der Waals surface area contributed by atoms with Crippen molar-refractivity contribution in [2.24, 2.45) is 5.92 Å². The molecule has 0 aliphatic carbocycles. The average molecular weight is 586 g/mol. The quantitative estimate of drug-likeness (QED) is 0.0928.